The van der Waals surface area contributed by atoms with Crippen LogP contribution in [0.4, 0.5) is 0 Å². The first kappa shape index (κ1) is 12.5. The molecule has 0 saturated carbocycles. The fourth-order valence-corrected chi connectivity index (χ4v) is 2.74. The summed E-state index contributed by atoms with van der Waals surface area (Å²) in [5.41, 5.74) is 2.30. The summed E-state index contributed by atoms with van der Waals surface area (Å²) in [5, 5.41) is 1.01. The third kappa shape index (κ3) is 3.23. The topological polar surface area (TPSA) is 22.1 Å². The lowest BCUT2D eigenvalue weighted by atomic mass is 10.2. The van der Waals surface area contributed by atoms with E-state index in [4.69, 9.17) is 4.74 Å². The molecule has 1 aromatic carbocycles. The first-order chi connectivity index (χ1) is 8.19. The Morgan fingerprint density at radius 3 is 2.53 bits per heavy atom. The highest BCUT2D eigenvalue weighted by atomic mass is 32.1. The predicted octanol–water partition coefficient (Wildman–Crippen LogP) is 3.77. The molecule has 17 heavy (non-hydrogen) atoms. The molecule has 0 aliphatic heterocycles. The lowest BCUT2D eigenvalue weighted by Crippen LogP contribution is -1.94. The Bertz CT molecular complexity index is 491. The van der Waals surface area contributed by atoms with Crippen molar-refractivity contribution in [3.05, 3.63) is 45.4 Å². The molecular weight excluding hydrogens is 250 g/mol. The molecule has 0 bridgehead atoms. The summed E-state index contributed by atoms with van der Waals surface area (Å²) >= 11 is 5.94. The van der Waals surface area contributed by atoms with Crippen molar-refractivity contribution in [2.45, 2.75) is 26.2 Å². The van der Waals surface area contributed by atoms with Gasteiger partial charge in [0.15, 0.2) is 0 Å². The minimum Gasteiger partial charge on any atom is -0.486 e. The second-order valence-electron chi connectivity index (χ2n) is 3.88. The van der Waals surface area contributed by atoms with Gasteiger partial charge in [0, 0.05) is 10.6 Å². The number of aryl methyl sites for hydroxylation is 2. The van der Waals surface area contributed by atoms with Crippen LogP contribution in [0.3, 0.4) is 0 Å². The van der Waals surface area contributed by atoms with Gasteiger partial charge in [-0.2, -0.15) is 12.6 Å². The van der Waals surface area contributed by atoms with Gasteiger partial charge in [0.1, 0.15) is 17.4 Å². The Kier molecular flexibility index (Phi) is 4.07. The molecule has 0 amide bonds. The van der Waals surface area contributed by atoms with E-state index in [2.05, 4.69) is 24.5 Å². The lowest BCUT2D eigenvalue weighted by Gasteiger charge is -2.03. The van der Waals surface area contributed by atoms with E-state index >= 15 is 0 Å². The Balaban J connectivity index is 1.99. The molecule has 0 atom stereocenters. The molecule has 0 aliphatic carbocycles. The van der Waals surface area contributed by atoms with Crippen LogP contribution >= 0.6 is 24.0 Å². The maximum absolute atomic E-state index is 5.68. The number of nitrogens with zero attached hydrogens (tertiary/aromatic N) is 1. The molecule has 0 N–H and O–H groups in total. The monoisotopic (exact) mass is 265 g/mol. The molecule has 0 fully saturated rings. The molecule has 1 aromatic heterocycles. The van der Waals surface area contributed by atoms with Gasteiger partial charge >= 0.3 is 0 Å². The van der Waals surface area contributed by atoms with Crippen molar-refractivity contribution in [3.63, 3.8) is 0 Å². The molecule has 90 valence electrons. The highest BCUT2D eigenvalue weighted by Gasteiger charge is 2.06. The molecule has 0 aliphatic rings. The molecule has 4 heteroatoms. The molecule has 1 heterocycles. The van der Waals surface area contributed by atoms with E-state index in [9.17, 15) is 0 Å². The van der Waals surface area contributed by atoms with Gasteiger partial charge in [-0.1, -0.05) is 17.7 Å². The van der Waals surface area contributed by atoms with Gasteiger partial charge in [-0.05, 0) is 26.0 Å². The SMILES string of the molecule is Cc1ccc(OCc2nc(C)c(CS)s2)cc1. The highest BCUT2D eigenvalue weighted by molar-refractivity contribution is 7.79. The second kappa shape index (κ2) is 5.56. The first-order valence-electron chi connectivity index (χ1n) is 5.44. The van der Waals surface area contributed by atoms with Crippen LogP contribution in [-0.2, 0) is 12.4 Å². The van der Waals surface area contributed by atoms with Crippen molar-refractivity contribution < 1.29 is 4.74 Å². The Morgan fingerprint density at radius 2 is 1.94 bits per heavy atom. The van der Waals surface area contributed by atoms with Gasteiger partial charge < -0.3 is 4.74 Å². The van der Waals surface area contributed by atoms with Gasteiger partial charge in [-0.3, -0.25) is 0 Å². The number of aromatic nitrogens is 1. The van der Waals surface area contributed by atoms with E-state index < -0.39 is 0 Å². The Labute approximate surface area is 111 Å². The zero-order valence-corrected chi connectivity index (χ0v) is 11.6. The molecule has 2 rings (SSSR count). The van der Waals surface area contributed by atoms with E-state index in [1.165, 1.54) is 10.4 Å². The summed E-state index contributed by atoms with van der Waals surface area (Å²) in [4.78, 5) is 5.68. The standard InChI is InChI=1S/C13H15NOS2/c1-9-3-5-11(6-4-9)15-7-13-14-10(2)12(8-16)17-13/h3-6,16H,7-8H2,1-2H3. The Hall–Kier alpha value is -1.00. The summed E-state index contributed by atoms with van der Waals surface area (Å²) in [6.07, 6.45) is 0. The first-order valence-corrected chi connectivity index (χ1v) is 6.89. The number of hydrogen-bond donors (Lipinski definition) is 1. The molecule has 0 saturated heterocycles. The van der Waals surface area contributed by atoms with Crippen LogP contribution in [0.1, 0.15) is 21.1 Å². The van der Waals surface area contributed by atoms with E-state index in [0.29, 0.717) is 6.61 Å². The van der Waals surface area contributed by atoms with Gasteiger partial charge in [-0.25, -0.2) is 4.98 Å². The predicted molar refractivity (Wildman–Crippen MR) is 75.1 cm³/mol. The molecule has 0 unspecified atom stereocenters. The number of rotatable bonds is 4. The van der Waals surface area contributed by atoms with Crippen molar-refractivity contribution in [1.29, 1.82) is 0 Å². The van der Waals surface area contributed by atoms with E-state index in [1.54, 1.807) is 11.3 Å². The van der Waals surface area contributed by atoms with Crippen LogP contribution in [-0.4, -0.2) is 4.98 Å². The normalized spacial score (nSPS) is 10.5. The number of hydrogen-bond acceptors (Lipinski definition) is 4. The van der Waals surface area contributed by atoms with Gasteiger partial charge in [0.05, 0.1) is 5.69 Å². The van der Waals surface area contributed by atoms with Crippen molar-refractivity contribution in [3.8, 4) is 5.75 Å². The van der Waals surface area contributed by atoms with Crippen LogP contribution in [0.5, 0.6) is 5.75 Å². The zero-order chi connectivity index (χ0) is 12.3. The third-order valence-electron chi connectivity index (χ3n) is 2.46. The maximum Gasteiger partial charge on any atom is 0.140 e. The van der Waals surface area contributed by atoms with Gasteiger partial charge in [0.25, 0.3) is 0 Å². The van der Waals surface area contributed by atoms with Gasteiger partial charge in [-0.15, -0.1) is 11.3 Å². The second-order valence-corrected chi connectivity index (χ2v) is 5.36. The van der Waals surface area contributed by atoms with Crippen molar-refractivity contribution in [2.75, 3.05) is 0 Å². The van der Waals surface area contributed by atoms with Crippen LogP contribution in [0, 0.1) is 13.8 Å². The van der Waals surface area contributed by atoms with Crippen LogP contribution < -0.4 is 4.74 Å². The van der Waals surface area contributed by atoms with Crippen LogP contribution in [0.25, 0.3) is 0 Å². The smallest absolute Gasteiger partial charge is 0.140 e. The summed E-state index contributed by atoms with van der Waals surface area (Å²) in [6, 6.07) is 8.05. The zero-order valence-electron chi connectivity index (χ0n) is 9.93. The molecular formula is C13H15NOS2. The molecule has 0 radical (unpaired) electrons. The minimum atomic E-state index is 0.530. The number of benzene rings is 1. The van der Waals surface area contributed by atoms with E-state index in [-0.39, 0.29) is 0 Å². The largest absolute Gasteiger partial charge is 0.486 e. The summed E-state index contributed by atoms with van der Waals surface area (Å²) in [5.74, 6) is 1.63. The number of ether oxygens (including phenoxy) is 1. The summed E-state index contributed by atoms with van der Waals surface area (Å²) in [7, 11) is 0. The average molecular weight is 265 g/mol. The van der Waals surface area contributed by atoms with E-state index in [0.717, 1.165) is 22.2 Å². The fourth-order valence-electron chi connectivity index (χ4n) is 1.48. The summed E-state index contributed by atoms with van der Waals surface area (Å²) < 4.78 is 5.68. The molecule has 2 aromatic rings. The fraction of sp³-hybridized carbons (Fsp3) is 0.308. The minimum absolute atomic E-state index is 0.530. The van der Waals surface area contributed by atoms with Crippen LogP contribution in [0.15, 0.2) is 24.3 Å². The van der Waals surface area contributed by atoms with Crippen molar-refractivity contribution in [1.82, 2.24) is 4.98 Å². The number of thiol groups is 1. The summed E-state index contributed by atoms with van der Waals surface area (Å²) in [6.45, 7) is 4.60. The highest BCUT2D eigenvalue weighted by Crippen LogP contribution is 2.21. The maximum atomic E-state index is 5.68. The van der Waals surface area contributed by atoms with Gasteiger partial charge in [0.2, 0.25) is 0 Å². The van der Waals surface area contributed by atoms with Crippen molar-refractivity contribution in [2.24, 2.45) is 0 Å². The quantitative estimate of drug-likeness (QED) is 0.850. The number of thiazole rings is 1. The van der Waals surface area contributed by atoms with E-state index in [1.807, 2.05) is 31.2 Å². The van der Waals surface area contributed by atoms with Crippen LogP contribution in [0.2, 0.25) is 0 Å². The molecule has 0 spiro atoms. The lowest BCUT2D eigenvalue weighted by molar-refractivity contribution is 0.305. The van der Waals surface area contributed by atoms with Crippen molar-refractivity contribution >= 4 is 24.0 Å². The molecule has 2 nitrogen and oxygen atoms in total. The Morgan fingerprint density at radius 1 is 1.24 bits per heavy atom. The third-order valence-corrected chi connectivity index (χ3v) is 4.12. The average Bonchev–Trinajstić information content (AvgIpc) is 2.69.